The minimum absolute atomic E-state index is 0.00691. The van der Waals surface area contributed by atoms with Gasteiger partial charge in [0, 0.05) is 17.7 Å². The Hall–Kier alpha value is -1.75. The van der Waals surface area contributed by atoms with Crippen LogP contribution in [0.4, 0.5) is 5.69 Å². The van der Waals surface area contributed by atoms with Gasteiger partial charge in [-0.2, -0.15) is 0 Å². The first kappa shape index (κ1) is 20.3. The Bertz CT molecular complexity index is 558. The topological polar surface area (TPSA) is 58.2 Å². The van der Waals surface area contributed by atoms with Gasteiger partial charge in [-0.15, -0.1) is 0 Å². The van der Waals surface area contributed by atoms with Crippen molar-refractivity contribution in [3.8, 4) is 0 Å². The number of amides is 1. The molecule has 0 aromatic heterocycles. The van der Waals surface area contributed by atoms with Gasteiger partial charge in [0.2, 0.25) is 5.91 Å². The molecule has 24 heavy (non-hydrogen) atoms. The maximum atomic E-state index is 11.9. The van der Waals surface area contributed by atoms with Crippen LogP contribution in [0.3, 0.4) is 0 Å². The number of carbonyl (C=O) groups is 2. The standard InChI is InChI=1S/C19H28N2O2S/c1-3-4-5-6-7-8-9-13-18(23)21-19(24)20-17-12-10-11-16(14-17)15(2)22/h10-12,14H,3-9,13H2,1-2H3,(H2,20,21,23,24). The normalized spacial score (nSPS) is 10.2. The Morgan fingerprint density at radius 2 is 1.71 bits per heavy atom. The third kappa shape index (κ3) is 8.77. The molecule has 0 unspecified atom stereocenters. The molecule has 1 aromatic carbocycles. The number of benzene rings is 1. The van der Waals surface area contributed by atoms with Crippen molar-refractivity contribution in [3.63, 3.8) is 0 Å². The molecule has 1 rings (SSSR count). The van der Waals surface area contributed by atoms with Crippen molar-refractivity contribution in [2.24, 2.45) is 0 Å². The Morgan fingerprint density at radius 3 is 2.38 bits per heavy atom. The van der Waals surface area contributed by atoms with Crippen LogP contribution in [0.25, 0.3) is 0 Å². The fourth-order valence-corrected chi connectivity index (χ4v) is 2.64. The molecule has 0 saturated heterocycles. The zero-order chi connectivity index (χ0) is 17.8. The zero-order valence-electron chi connectivity index (χ0n) is 14.7. The van der Waals surface area contributed by atoms with Crippen molar-refractivity contribution in [2.75, 3.05) is 5.32 Å². The summed E-state index contributed by atoms with van der Waals surface area (Å²) in [5.74, 6) is -0.0729. The van der Waals surface area contributed by atoms with E-state index in [2.05, 4.69) is 17.6 Å². The maximum absolute atomic E-state index is 11.9. The summed E-state index contributed by atoms with van der Waals surface area (Å²) in [6.07, 6.45) is 8.74. The highest BCUT2D eigenvalue weighted by molar-refractivity contribution is 7.80. The monoisotopic (exact) mass is 348 g/mol. The van der Waals surface area contributed by atoms with E-state index in [1.54, 1.807) is 24.3 Å². The second-order valence-electron chi connectivity index (χ2n) is 6.01. The van der Waals surface area contributed by atoms with Crippen LogP contribution in [0.2, 0.25) is 0 Å². The van der Waals surface area contributed by atoms with Crippen LogP contribution in [0, 0.1) is 0 Å². The van der Waals surface area contributed by atoms with Crippen molar-refractivity contribution >= 4 is 34.7 Å². The van der Waals surface area contributed by atoms with Crippen LogP contribution in [0.15, 0.2) is 24.3 Å². The fraction of sp³-hybridized carbons (Fsp3) is 0.526. The maximum Gasteiger partial charge on any atom is 0.226 e. The molecule has 0 aliphatic rings. The summed E-state index contributed by atoms with van der Waals surface area (Å²) < 4.78 is 0. The summed E-state index contributed by atoms with van der Waals surface area (Å²) in [6.45, 7) is 3.72. The summed E-state index contributed by atoms with van der Waals surface area (Å²) >= 11 is 5.14. The first-order valence-corrected chi connectivity index (χ1v) is 9.15. The van der Waals surface area contributed by atoms with Gasteiger partial charge in [0.1, 0.15) is 0 Å². The molecule has 0 heterocycles. The van der Waals surface area contributed by atoms with E-state index in [1.807, 2.05) is 0 Å². The van der Waals surface area contributed by atoms with Crippen LogP contribution < -0.4 is 10.6 Å². The first-order chi connectivity index (χ1) is 11.5. The van der Waals surface area contributed by atoms with Gasteiger partial charge in [-0.3, -0.25) is 9.59 Å². The average molecular weight is 349 g/mol. The number of Topliss-reactive ketones (excluding diaryl/α,β-unsaturated/α-hetero) is 1. The quantitative estimate of drug-likeness (QED) is 0.361. The van der Waals surface area contributed by atoms with E-state index in [1.165, 1.54) is 39.0 Å². The Kier molecular flexibility index (Phi) is 9.92. The van der Waals surface area contributed by atoms with Gasteiger partial charge >= 0.3 is 0 Å². The van der Waals surface area contributed by atoms with Gasteiger partial charge in [0.25, 0.3) is 0 Å². The lowest BCUT2D eigenvalue weighted by atomic mass is 10.1. The molecule has 0 fully saturated rings. The van der Waals surface area contributed by atoms with E-state index in [9.17, 15) is 9.59 Å². The van der Waals surface area contributed by atoms with Crippen molar-refractivity contribution < 1.29 is 9.59 Å². The number of anilines is 1. The molecule has 0 spiro atoms. The molecule has 2 N–H and O–H groups in total. The lowest BCUT2D eigenvalue weighted by molar-refractivity contribution is -0.119. The molecule has 0 saturated carbocycles. The van der Waals surface area contributed by atoms with Gasteiger partial charge in [0.05, 0.1) is 0 Å². The summed E-state index contributed by atoms with van der Waals surface area (Å²) in [7, 11) is 0. The van der Waals surface area contributed by atoms with Gasteiger partial charge in [0.15, 0.2) is 10.9 Å². The molecule has 0 aliphatic heterocycles. The predicted molar refractivity (Wildman–Crippen MR) is 103 cm³/mol. The van der Waals surface area contributed by atoms with Crippen molar-refractivity contribution in [1.82, 2.24) is 5.32 Å². The highest BCUT2D eigenvalue weighted by Gasteiger charge is 2.06. The van der Waals surface area contributed by atoms with E-state index >= 15 is 0 Å². The van der Waals surface area contributed by atoms with Crippen LogP contribution in [0.5, 0.6) is 0 Å². The number of nitrogens with one attached hydrogen (secondary N) is 2. The number of hydrogen-bond donors (Lipinski definition) is 2. The smallest absolute Gasteiger partial charge is 0.226 e. The lowest BCUT2D eigenvalue weighted by Crippen LogP contribution is -2.33. The lowest BCUT2D eigenvalue weighted by Gasteiger charge is -2.10. The van der Waals surface area contributed by atoms with Gasteiger partial charge in [-0.1, -0.05) is 57.6 Å². The van der Waals surface area contributed by atoms with E-state index in [0.29, 0.717) is 17.7 Å². The van der Waals surface area contributed by atoms with E-state index in [0.717, 1.165) is 12.8 Å². The zero-order valence-corrected chi connectivity index (χ0v) is 15.5. The minimum Gasteiger partial charge on any atom is -0.332 e. The molecule has 0 bridgehead atoms. The molecule has 0 atom stereocenters. The molecule has 0 aliphatic carbocycles. The number of ketones is 1. The molecule has 5 heteroatoms. The molecule has 132 valence electrons. The van der Waals surface area contributed by atoms with Crippen molar-refractivity contribution in [1.29, 1.82) is 0 Å². The largest absolute Gasteiger partial charge is 0.332 e. The summed E-state index contributed by atoms with van der Waals surface area (Å²) in [5.41, 5.74) is 1.31. The third-order valence-electron chi connectivity index (χ3n) is 3.79. The molecular formula is C19H28N2O2S. The number of carbonyl (C=O) groups excluding carboxylic acids is 2. The Balaban J connectivity index is 2.23. The highest BCUT2D eigenvalue weighted by Crippen LogP contribution is 2.11. The van der Waals surface area contributed by atoms with Crippen LogP contribution >= 0.6 is 12.2 Å². The number of hydrogen-bond acceptors (Lipinski definition) is 3. The minimum atomic E-state index is -0.0659. The molecule has 0 radical (unpaired) electrons. The van der Waals surface area contributed by atoms with Crippen LogP contribution in [-0.4, -0.2) is 16.8 Å². The van der Waals surface area contributed by atoms with E-state index in [-0.39, 0.29) is 16.8 Å². The van der Waals surface area contributed by atoms with Crippen molar-refractivity contribution in [3.05, 3.63) is 29.8 Å². The predicted octanol–water partition coefficient (Wildman–Crippen LogP) is 4.84. The van der Waals surface area contributed by atoms with E-state index < -0.39 is 0 Å². The van der Waals surface area contributed by atoms with Crippen molar-refractivity contribution in [2.45, 2.75) is 65.2 Å². The number of thiocarbonyl (C=S) groups is 1. The molecule has 1 amide bonds. The van der Waals surface area contributed by atoms with Gasteiger partial charge in [-0.25, -0.2) is 0 Å². The molecule has 1 aromatic rings. The Labute approximate surface area is 150 Å². The summed E-state index contributed by atoms with van der Waals surface area (Å²) in [6, 6.07) is 7.05. The van der Waals surface area contributed by atoms with Crippen LogP contribution in [-0.2, 0) is 4.79 Å². The number of unbranched alkanes of at least 4 members (excludes halogenated alkanes) is 6. The molecular weight excluding hydrogens is 320 g/mol. The second kappa shape index (κ2) is 11.7. The second-order valence-corrected chi connectivity index (χ2v) is 6.42. The third-order valence-corrected chi connectivity index (χ3v) is 3.99. The Morgan fingerprint density at radius 1 is 1.04 bits per heavy atom. The molecule has 4 nitrogen and oxygen atoms in total. The van der Waals surface area contributed by atoms with Gasteiger partial charge in [-0.05, 0) is 37.7 Å². The first-order valence-electron chi connectivity index (χ1n) is 8.74. The average Bonchev–Trinajstić information content (AvgIpc) is 2.54. The SMILES string of the molecule is CCCCCCCCCC(=O)NC(=S)Nc1cccc(C(C)=O)c1. The van der Waals surface area contributed by atoms with Gasteiger partial charge < -0.3 is 10.6 Å². The highest BCUT2D eigenvalue weighted by atomic mass is 32.1. The summed E-state index contributed by atoms with van der Waals surface area (Å²) in [5, 5.41) is 5.89. The van der Waals surface area contributed by atoms with E-state index in [4.69, 9.17) is 12.2 Å². The summed E-state index contributed by atoms with van der Waals surface area (Å²) in [4.78, 5) is 23.2. The van der Waals surface area contributed by atoms with Crippen LogP contribution in [0.1, 0.15) is 75.6 Å². The fourth-order valence-electron chi connectivity index (χ4n) is 2.41. The number of rotatable bonds is 10.